The fraction of sp³-hybridized carbons (Fsp3) is 0.576. The lowest BCUT2D eigenvalue weighted by atomic mass is 9.70. The molecule has 4 heterocycles. The number of hydrogen-bond acceptors (Lipinski definition) is 9. The second-order valence-electron chi connectivity index (χ2n) is 12.4. The summed E-state index contributed by atoms with van der Waals surface area (Å²) in [6.07, 6.45) is 4.91. The van der Waals surface area contributed by atoms with Gasteiger partial charge in [0.2, 0.25) is 17.7 Å². The van der Waals surface area contributed by atoms with Gasteiger partial charge in [-0.05, 0) is 51.2 Å². The predicted octanol–water partition coefficient (Wildman–Crippen LogP) is 2.33. The molecule has 254 valence electrons. The minimum Gasteiger partial charge on any atom is -0.460 e. The number of aliphatic hydroxyl groups is 1. The number of nitrogens with one attached hydrogen (secondary N) is 1. The Morgan fingerprint density at radius 1 is 1.26 bits per heavy atom. The summed E-state index contributed by atoms with van der Waals surface area (Å²) in [5.74, 6) is -3.31. The number of allylic oxidation sites excluding steroid dienone is 1. The van der Waals surface area contributed by atoms with Crippen molar-refractivity contribution in [1.82, 2.24) is 30.1 Å². The standard InChI is InChI=1S/C33H43BrN6O7/c1-4-6-14-25(42)35-19-21(3)46-32(45)26-27-30(43)39(16-10-7-11-17-41)29(33(27)18-22(34)28(26)47-33)31(44)38(15-5-2)20-40-24-13-9-8-12-23(24)36-37-40/h4-5,8-9,12-13,21-22,26-29,41H,1-2,6-7,10-11,14-20H2,3H3,(H,35,42)/t21-,22?,26-,27+,28-,29-,33+/m0/s1. The molecule has 13 nitrogen and oxygen atoms in total. The highest BCUT2D eigenvalue weighted by Crippen LogP contribution is 2.60. The molecule has 0 aliphatic carbocycles. The van der Waals surface area contributed by atoms with Crippen molar-refractivity contribution < 1.29 is 33.8 Å². The van der Waals surface area contributed by atoms with Crippen molar-refractivity contribution in [3.8, 4) is 0 Å². The molecule has 2 N–H and O–H groups in total. The number of aliphatic hydroxyl groups excluding tert-OH is 1. The van der Waals surface area contributed by atoms with E-state index in [2.05, 4.69) is 44.7 Å². The van der Waals surface area contributed by atoms with Crippen molar-refractivity contribution in [2.45, 2.75) is 80.8 Å². The SMILES string of the molecule is C=CCCC(=O)NC[C@H](C)OC(=O)[C@@H]1[C@H]2O[C@@]3(CC2Br)[C@H](C(=O)N(CC=C)Cn2nnc4ccccc42)N(CCCCCO)C(=O)[C@@H]13. The summed E-state index contributed by atoms with van der Waals surface area (Å²) < 4.78 is 14.0. The van der Waals surface area contributed by atoms with Crippen molar-refractivity contribution in [2.24, 2.45) is 11.8 Å². The third kappa shape index (κ3) is 6.86. The topological polar surface area (TPSA) is 156 Å². The predicted molar refractivity (Wildman–Crippen MR) is 176 cm³/mol. The third-order valence-electron chi connectivity index (χ3n) is 9.22. The number of ether oxygens (including phenoxy) is 2. The highest BCUT2D eigenvalue weighted by molar-refractivity contribution is 9.09. The molecule has 0 saturated carbocycles. The van der Waals surface area contributed by atoms with Crippen molar-refractivity contribution in [2.75, 3.05) is 26.2 Å². The van der Waals surface area contributed by atoms with Crippen LogP contribution in [0.2, 0.25) is 0 Å². The number of amides is 3. The van der Waals surface area contributed by atoms with Crippen molar-refractivity contribution in [1.29, 1.82) is 0 Å². The molecule has 7 atom stereocenters. The second-order valence-corrected chi connectivity index (χ2v) is 13.6. The van der Waals surface area contributed by atoms with E-state index in [0.29, 0.717) is 37.6 Å². The summed E-state index contributed by atoms with van der Waals surface area (Å²) in [7, 11) is 0. The van der Waals surface area contributed by atoms with E-state index in [-0.39, 0.29) is 61.9 Å². The molecule has 3 aliphatic heterocycles. The monoisotopic (exact) mass is 714 g/mol. The smallest absolute Gasteiger partial charge is 0.312 e. The molecule has 3 saturated heterocycles. The number of para-hydroxylation sites is 1. The number of carbonyl (C=O) groups excluding carboxylic acids is 4. The fourth-order valence-electron chi connectivity index (χ4n) is 7.12. The summed E-state index contributed by atoms with van der Waals surface area (Å²) in [4.78, 5) is 57.7. The molecule has 2 bridgehead atoms. The first kappa shape index (κ1) is 34.7. The molecule has 0 radical (unpaired) electrons. The Labute approximate surface area is 282 Å². The number of rotatable bonds is 17. The van der Waals surface area contributed by atoms with Crippen LogP contribution in [0.3, 0.4) is 0 Å². The van der Waals surface area contributed by atoms with Gasteiger partial charge in [-0.1, -0.05) is 45.4 Å². The van der Waals surface area contributed by atoms with Crippen molar-refractivity contribution in [3.05, 3.63) is 49.6 Å². The molecular weight excluding hydrogens is 672 g/mol. The zero-order valence-corrected chi connectivity index (χ0v) is 28.2. The summed E-state index contributed by atoms with van der Waals surface area (Å²) in [6.45, 7) is 9.81. The number of halogens is 1. The van der Waals surface area contributed by atoms with Gasteiger partial charge in [0, 0.05) is 30.9 Å². The van der Waals surface area contributed by atoms with E-state index in [1.165, 1.54) is 0 Å². The number of likely N-dealkylation sites (tertiary alicyclic amines) is 1. The van der Waals surface area contributed by atoms with Crippen LogP contribution in [-0.2, 0) is 35.3 Å². The van der Waals surface area contributed by atoms with Crippen LogP contribution in [0.25, 0.3) is 11.0 Å². The molecule has 3 fully saturated rings. The van der Waals surface area contributed by atoms with E-state index in [0.717, 1.165) is 5.52 Å². The van der Waals surface area contributed by atoms with Gasteiger partial charge in [0.1, 0.15) is 29.9 Å². The molecule has 1 aromatic carbocycles. The van der Waals surface area contributed by atoms with Gasteiger partial charge in [0.15, 0.2) is 0 Å². The highest BCUT2D eigenvalue weighted by atomic mass is 79.9. The number of unbranched alkanes of at least 4 members (excludes halogenated alkanes) is 2. The Morgan fingerprint density at radius 2 is 2.04 bits per heavy atom. The summed E-state index contributed by atoms with van der Waals surface area (Å²) in [5, 5.41) is 20.6. The van der Waals surface area contributed by atoms with E-state index < -0.39 is 41.7 Å². The molecule has 2 aromatic rings. The van der Waals surface area contributed by atoms with Gasteiger partial charge in [-0.2, -0.15) is 0 Å². The Kier molecular flexibility index (Phi) is 11.1. The summed E-state index contributed by atoms with van der Waals surface area (Å²) in [6, 6.07) is 6.43. The van der Waals surface area contributed by atoms with E-state index >= 15 is 0 Å². The van der Waals surface area contributed by atoms with E-state index in [1.54, 1.807) is 33.6 Å². The Balaban J connectivity index is 1.41. The zero-order chi connectivity index (χ0) is 33.7. The quantitative estimate of drug-likeness (QED) is 0.109. The number of nitrogens with zero attached hydrogens (tertiary/aromatic N) is 5. The van der Waals surface area contributed by atoms with Crippen LogP contribution in [0.5, 0.6) is 0 Å². The highest BCUT2D eigenvalue weighted by Gasteiger charge is 2.77. The van der Waals surface area contributed by atoms with Crippen LogP contribution < -0.4 is 5.32 Å². The van der Waals surface area contributed by atoms with Crippen LogP contribution in [0, 0.1) is 11.8 Å². The number of aromatic nitrogens is 3. The van der Waals surface area contributed by atoms with Crippen molar-refractivity contribution in [3.63, 3.8) is 0 Å². The average molecular weight is 716 g/mol. The van der Waals surface area contributed by atoms with Crippen LogP contribution in [0.15, 0.2) is 49.6 Å². The van der Waals surface area contributed by atoms with Crippen LogP contribution in [-0.4, -0.2) is 109 Å². The first-order chi connectivity index (χ1) is 22.7. The van der Waals surface area contributed by atoms with Crippen molar-refractivity contribution >= 4 is 50.7 Å². The van der Waals surface area contributed by atoms with Gasteiger partial charge >= 0.3 is 5.97 Å². The Hall–Kier alpha value is -3.62. The van der Waals surface area contributed by atoms with Gasteiger partial charge in [-0.15, -0.1) is 18.3 Å². The summed E-state index contributed by atoms with van der Waals surface area (Å²) in [5.41, 5.74) is 0.173. The molecular formula is C33H43BrN6O7. The van der Waals surface area contributed by atoms with Crippen LogP contribution in [0.4, 0.5) is 0 Å². The maximum Gasteiger partial charge on any atom is 0.312 e. The third-order valence-corrected chi connectivity index (χ3v) is 10.1. The molecule has 14 heteroatoms. The lowest BCUT2D eigenvalue weighted by molar-refractivity contribution is -0.159. The molecule has 1 aromatic heterocycles. The molecule has 1 spiro atoms. The zero-order valence-electron chi connectivity index (χ0n) is 26.6. The Morgan fingerprint density at radius 3 is 2.79 bits per heavy atom. The first-order valence-corrected chi connectivity index (χ1v) is 17.1. The van der Waals surface area contributed by atoms with Crippen LogP contribution >= 0.6 is 15.9 Å². The molecule has 1 unspecified atom stereocenters. The number of hydrogen-bond donors (Lipinski definition) is 2. The van der Waals surface area contributed by atoms with E-state index in [9.17, 15) is 24.3 Å². The number of esters is 1. The average Bonchev–Trinajstić information content (AvgIpc) is 3.77. The van der Waals surface area contributed by atoms with Gasteiger partial charge in [0.25, 0.3) is 0 Å². The van der Waals surface area contributed by atoms with Gasteiger partial charge < -0.3 is 29.7 Å². The minimum absolute atomic E-state index is 0.0265. The van der Waals surface area contributed by atoms with E-state index in [4.69, 9.17) is 9.47 Å². The maximum absolute atomic E-state index is 14.7. The lowest BCUT2D eigenvalue weighted by Crippen LogP contribution is -2.57. The second kappa shape index (κ2) is 15.1. The molecule has 47 heavy (non-hydrogen) atoms. The number of carbonyl (C=O) groups is 4. The maximum atomic E-state index is 14.7. The minimum atomic E-state index is -1.26. The first-order valence-electron chi connectivity index (χ1n) is 16.2. The molecule has 3 amide bonds. The molecule has 3 aliphatic rings. The normalized spacial score (nSPS) is 26.7. The molecule has 5 rings (SSSR count). The van der Waals surface area contributed by atoms with Gasteiger partial charge in [0.05, 0.1) is 30.0 Å². The van der Waals surface area contributed by atoms with E-state index in [1.807, 2.05) is 24.3 Å². The summed E-state index contributed by atoms with van der Waals surface area (Å²) >= 11 is 3.69. The lowest BCUT2D eigenvalue weighted by Gasteiger charge is -2.37. The number of fused-ring (bicyclic) bond motifs is 2. The van der Waals surface area contributed by atoms with Gasteiger partial charge in [-0.3, -0.25) is 19.2 Å². The largest absolute Gasteiger partial charge is 0.460 e. The number of alkyl halides is 1. The number of benzene rings is 1. The van der Waals surface area contributed by atoms with Crippen LogP contribution in [0.1, 0.15) is 45.4 Å². The Bertz CT molecular complexity index is 1500. The fourth-order valence-corrected chi connectivity index (χ4v) is 8.06. The van der Waals surface area contributed by atoms with Gasteiger partial charge in [-0.25, -0.2) is 4.68 Å².